The maximum Gasteiger partial charge on any atom is 0.0488 e. The smallest absolute Gasteiger partial charge is 0.0488 e. The molecular formula is C27H37N. The summed E-state index contributed by atoms with van der Waals surface area (Å²) in [5.74, 6) is 0. The Labute approximate surface area is 173 Å². The molecule has 1 rings (SSSR count). The summed E-state index contributed by atoms with van der Waals surface area (Å²) in [4.78, 5) is 2.25. The molecule has 1 nitrogen and oxygen atoms in total. The van der Waals surface area contributed by atoms with E-state index in [0.717, 1.165) is 19.3 Å². The van der Waals surface area contributed by atoms with Crippen LogP contribution in [0.3, 0.4) is 0 Å². The van der Waals surface area contributed by atoms with Gasteiger partial charge in [-0.1, -0.05) is 75.9 Å². The molecule has 0 aliphatic carbocycles. The van der Waals surface area contributed by atoms with Crippen molar-refractivity contribution in [2.75, 3.05) is 11.9 Å². The molecule has 28 heavy (non-hydrogen) atoms. The Kier molecular flexibility index (Phi) is 10.1. The van der Waals surface area contributed by atoms with Gasteiger partial charge < -0.3 is 4.90 Å². The summed E-state index contributed by atoms with van der Waals surface area (Å²) in [7, 11) is 2.13. The lowest BCUT2D eigenvalue weighted by Crippen LogP contribution is -2.17. The molecule has 0 N–H and O–H groups in total. The number of likely N-dealkylation sites (N-methyl/N-ethyl adjacent to an activating group) is 1. The molecule has 0 aliphatic heterocycles. The highest BCUT2D eigenvalue weighted by molar-refractivity contribution is 5.92. The molecule has 0 radical (unpaired) electrons. The maximum absolute atomic E-state index is 4.40. The fourth-order valence-corrected chi connectivity index (χ4v) is 3.56. The van der Waals surface area contributed by atoms with Crippen LogP contribution in [0.1, 0.15) is 59.4 Å². The van der Waals surface area contributed by atoms with Crippen molar-refractivity contribution in [3.8, 4) is 0 Å². The van der Waals surface area contributed by atoms with Gasteiger partial charge in [-0.3, -0.25) is 0 Å². The second kappa shape index (κ2) is 12.0. The van der Waals surface area contributed by atoms with E-state index in [4.69, 9.17) is 0 Å². The van der Waals surface area contributed by atoms with Gasteiger partial charge in [0.1, 0.15) is 0 Å². The van der Waals surface area contributed by atoms with Crippen LogP contribution < -0.4 is 4.90 Å². The third-order valence-corrected chi connectivity index (χ3v) is 4.99. The van der Waals surface area contributed by atoms with E-state index in [9.17, 15) is 0 Å². The third kappa shape index (κ3) is 5.48. The summed E-state index contributed by atoms with van der Waals surface area (Å²) < 4.78 is 0. The fraction of sp³-hybridized carbons (Fsp3) is 0.333. The largest absolute Gasteiger partial charge is 0.344 e. The van der Waals surface area contributed by atoms with Gasteiger partial charge in [0.05, 0.1) is 0 Å². The van der Waals surface area contributed by atoms with E-state index in [2.05, 4.69) is 101 Å². The molecule has 0 saturated carbocycles. The Morgan fingerprint density at radius 3 is 2.25 bits per heavy atom. The molecule has 0 heterocycles. The van der Waals surface area contributed by atoms with Crippen LogP contribution in [0.2, 0.25) is 0 Å². The van der Waals surface area contributed by atoms with E-state index in [1.807, 2.05) is 13.0 Å². The minimum atomic E-state index is 0.930. The Balaban J connectivity index is 3.77. The highest BCUT2D eigenvalue weighted by Crippen LogP contribution is 2.39. The average molecular weight is 376 g/mol. The van der Waals surface area contributed by atoms with Crippen LogP contribution in [0.4, 0.5) is 5.69 Å². The normalized spacial score (nSPS) is 13.5. The first-order valence-corrected chi connectivity index (χ1v) is 10.3. The van der Waals surface area contributed by atoms with E-state index in [-0.39, 0.29) is 0 Å². The number of allylic oxidation sites excluding steroid dienone is 9. The topological polar surface area (TPSA) is 3.24 Å². The summed E-state index contributed by atoms with van der Waals surface area (Å²) in [6.45, 7) is 19.1. The molecule has 0 unspecified atom stereocenters. The molecule has 0 amide bonds. The van der Waals surface area contributed by atoms with Crippen molar-refractivity contribution >= 4 is 11.3 Å². The molecule has 1 aromatic carbocycles. The third-order valence-electron chi connectivity index (χ3n) is 4.99. The van der Waals surface area contributed by atoms with E-state index in [1.54, 1.807) is 0 Å². The van der Waals surface area contributed by atoms with Crippen LogP contribution in [0.25, 0.3) is 5.57 Å². The van der Waals surface area contributed by atoms with Crippen molar-refractivity contribution in [3.05, 3.63) is 95.8 Å². The monoisotopic (exact) mass is 375 g/mol. The Hall–Kier alpha value is -2.54. The highest BCUT2D eigenvalue weighted by Gasteiger charge is 2.19. The van der Waals surface area contributed by atoms with Gasteiger partial charge in [-0.2, -0.15) is 0 Å². The first kappa shape index (κ1) is 23.5. The first-order chi connectivity index (χ1) is 13.5. The van der Waals surface area contributed by atoms with E-state index in [1.165, 1.54) is 39.2 Å². The van der Waals surface area contributed by atoms with Crippen LogP contribution in [0, 0.1) is 0 Å². The number of hydrogen-bond donors (Lipinski definition) is 0. The van der Waals surface area contributed by atoms with Gasteiger partial charge in [0, 0.05) is 24.0 Å². The van der Waals surface area contributed by atoms with Gasteiger partial charge in [0.25, 0.3) is 0 Å². The van der Waals surface area contributed by atoms with Crippen LogP contribution in [0.5, 0.6) is 0 Å². The first-order valence-electron chi connectivity index (χ1n) is 10.3. The summed E-state index contributed by atoms with van der Waals surface area (Å²) in [5.41, 5.74) is 8.48. The zero-order valence-corrected chi connectivity index (χ0v) is 18.7. The lowest BCUT2D eigenvalue weighted by Gasteiger charge is -2.27. The van der Waals surface area contributed by atoms with Crippen molar-refractivity contribution in [2.24, 2.45) is 0 Å². The van der Waals surface area contributed by atoms with Gasteiger partial charge in [-0.05, 0) is 68.0 Å². The zero-order valence-electron chi connectivity index (χ0n) is 18.7. The van der Waals surface area contributed by atoms with Crippen molar-refractivity contribution in [1.29, 1.82) is 0 Å². The summed E-state index contributed by atoms with van der Waals surface area (Å²) in [6, 6.07) is 8.62. The lowest BCUT2D eigenvalue weighted by molar-refractivity contribution is 0.921. The van der Waals surface area contributed by atoms with E-state index in [0.29, 0.717) is 0 Å². The molecule has 0 aliphatic rings. The molecule has 0 saturated heterocycles. The number of anilines is 1. The molecule has 0 bridgehead atoms. The van der Waals surface area contributed by atoms with Crippen LogP contribution >= 0.6 is 0 Å². The Bertz CT molecular complexity index is 799. The minimum Gasteiger partial charge on any atom is -0.344 e. The summed E-state index contributed by atoms with van der Waals surface area (Å²) in [6.07, 6.45) is 13.6. The molecule has 0 fully saturated rings. The van der Waals surface area contributed by atoms with Crippen LogP contribution in [-0.4, -0.2) is 7.05 Å². The number of nitrogens with zero attached hydrogens (tertiary/aromatic N) is 1. The van der Waals surface area contributed by atoms with Crippen LogP contribution in [0.15, 0.2) is 90.2 Å². The number of para-hydroxylation sites is 1. The lowest BCUT2D eigenvalue weighted by atomic mass is 9.85. The zero-order chi connectivity index (χ0) is 21.1. The fourth-order valence-electron chi connectivity index (χ4n) is 3.56. The van der Waals surface area contributed by atoms with Crippen molar-refractivity contribution in [1.82, 2.24) is 0 Å². The van der Waals surface area contributed by atoms with Crippen molar-refractivity contribution in [3.63, 3.8) is 0 Å². The standard InChI is InChI=1S/C27H37N/c1-9-17-21(7)24(14-6)27(22(11-3)12-4)25-19-15-16-20-26(25)28(8)23(13-5)18-10-2/h10-11,13-16,18-20H,3,7,9,12,17H2,1-2,4-6,8H3/b18-10-,23-13+,24-14-,27-22+. The number of hydrogen-bond acceptors (Lipinski definition) is 1. The van der Waals surface area contributed by atoms with Gasteiger partial charge in [-0.15, -0.1) is 0 Å². The quantitative estimate of drug-likeness (QED) is 0.372. The SMILES string of the molecule is C=C/C(CC)=C(/C(=C\C)C(=C)CCC)c1ccccc1N(C)C(/C=C\C)=C/C. The second-order valence-corrected chi connectivity index (χ2v) is 6.80. The van der Waals surface area contributed by atoms with Gasteiger partial charge in [-0.25, -0.2) is 0 Å². The molecule has 0 atom stereocenters. The average Bonchev–Trinajstić information content (AvgIpc) is 2.72. The number of rotatable bonds is 10. The van der Waals surface area contributed by atoms with E-state index >= 15 is 0 Å². The summed E-state index contributed by atoms with van der Waals surface area (Å²) >= 11 is 0. The van der Waals surface area contributed by atoms with Crippen molar-refractivity contribution < 1.29 is 0 Å². The van der Waals surface area contributed by atoms with Crippen molar-refractivity contribution in [2.45, 2.75) is 53.9 Å². The molecule has 1 aromatic rings. The van der Waals surface area contributed by atoms with Gasteiger partial charge in [0.15, 0.2) is 0 Å². The molecule has 150 valence electrons. The van der Waals surface area contributed by atoms with E-state index < -0.39 is 0 Å². The maximum atomic E-state index is 4.40. The molecule has 0 spiro atoms. The predicted molar refractivity (Wildman–Crippen MR) is 129 cm³/mol. The second-order valence-electron chi connectivity index (χ2n) is 6.80. The van der Waals surface area contributed by atoms with Gasteiger partial charge in [0.2, 0.25) is 0 Å². The highest BCUT2D eigenvalue weighted by atomic mass is 15.1. The van der Waals surface area contributed by atoms with Crippen LogP contribution in [-0.2, 0) is 0 Å². The summed E-state index contributed by atoms with van der Waals surface area (Å²) in [5, 5.41) is 0. The number of benzene rings is 1. The minimum absolute atomic E-state index is 0.930. The Morgan fingerprint density at radius 1 is 1.07 bits per heavy atom. The Morgan fingerprint density at radius 2 is 1.75 bits per heavy atom. The molecular weight excluding hydrogens is 338 g/mol. The molecule has 1 heteroatoms. The van der Waals surface area contributed by atoms with Gasteiger partial charge >= 0.3 is 0 Å². The predicted octanol–water partition coefficient (Wildman–Crippen LogP) is 8.25. The molecule has 0 aromatic heterocycles.